The van der Waals surface area contributed by atoms with Crippen molar-refractivity contribution in [2.75, 3.05) is 0 Å². The Morgan fingerprint density at radius 2 is 2.13 bits per heavy atom. The number of hydrogen-bond donors (Lipinski definition) is 1. The van der Waals surface area contributed by atoms with Crippen molar-refractivity contribution in [3.05, 3.63) is 53.1 Å². The molecule has 2 aromatic rings. The first-order valence-electron chi connectivity index (χ1n) is 7.87. The molecule has 2 unspecified atom stereocenters. The van der Waals surface area contributed by atoms with Crippen molar-refractivity contribution in [3.63, 3.8) is 0 Å². The summed E-state index contributed by atoms with van der Waals surface area (Å²) in [4.78, 5) is 11.8. The molecule has 0 aliphatic heterocycles. The van der Waals surface area contributed by atoms with Crippen LogP contribution in [-0.2, 0) is 11.2 Å². The number of carbonyl (C=O) groups is 1. The fraction of sp³-hybridized carbons (Fsp3) is 0.333. The number of hydrogen-bond acceptors (Lipinski definition) is 3. The normalized spacial score (nSPS) is 26.2. The van der Waals surface area contributed by atoms with Gasteiger partial charge < -0.3 is 10.5 Å². The maximum atomic E-state index is 13.1. The highest BCUT2D eigenvalue weighted by molar-refractivity contribution is 5.75. The lowest BCUT2D eigenvalue weighted by atomic mass is 9.64. The van der Waals surface area contributed by atoms with Crippen LogP contribution in [0.4, 0.5) is 4.39 Å². The summed E-state index contributed by atoms with van der Waals surface area (Å²) in [6.07, 6.45) is 8.04. The largest absolute Gasteiger partial charge is 0.328 e. The van der Waals surface area contributed by atoms with E-state index in [1.165, 1.54) is 12.1 Å². The highest BCUT2D eigenvalue weighted by Gasteiger charge is 2.42. The molecule has 23 heavy (non-hydrogen) atoms. The topological polar surface area (TPSA) is 60.9 Å². The second-order valence-electron chi connectivity index (χ2n) is 6.57. The van der Waals surface area contributed by atoms with Gasteiger partial charge in [0, 0.05) is 6.04 Å². The molecule has 5 heteroatoms. The van der Waals surface area contributed by atoms with Crippen LogP contribution < -0.4 is 5.73 Å². The number of nitrogens with zero attached hydrogens (tertiary/aromatic N) is 2. The molecule has 0 amide bonds. The van der Waals surface area contributed by atoms with Gasteiger partial charge in [-0.25, -0.2) is 9.07 Å². The van der Waals surface area contributed by atoms with Crippen molar-refractivity contribution in [2.45, 2.75) is 31.7 Å². The SMILES string of the molecule is NC1CCC2=Cc3c(cnn3-c3ccc(F)cc3)CC2(C=O)C1. The molecule has 1 heterocycles. The third kappa shape index (κ3) is 2.23. The Morgan fingerprint density at radius 3 is 2.87 bits per heavy atom. The van der Waals surface area contributed by atoms with Gasteiger partial charge >= 0.3 is 0 Å². The average Bonchev–Trinajstić information content (AvgIpc) is 2.95. The van der Waals surface area contributed by atoms with Crippen LogP contribution in [0.25, 0.3) is 11.8 Å². The molecule has 0 spiro atoms. The molecule has 2 aliphatic carbocycles. The Morgan fingerprint density at radius 1 is 1.35 bits per heavy atom. The molecule has 0 saturated heterocycles. The van der Waals surface area contributed by atoms with Crippen LogP contribution in [-0.4, -0.2) is 22.1 Å². The molecule has 2 atom stereocenters. The molecule has 1 aromatic carbocycles. The fourth-order valence-electron chi connectivity index (χ4n) is 3.83. The zero-order valence-electron chi connectivity index (χ0n) is 12.7. The molecule has 4 nitrogen and oxygen atoms in total. The van der Waals surface area contributed by atoms with Crippen molar-refractivity contribution >= 4 is 12.4 Å². The first kappa shape index (κ1) is 14.3. The zero-order chi connectivity index (χ0) is 16.0. The monoisotopic (exact) mass is 311 g/mol. The van der Waals surface area contributed by atoms with Gasteiger partial charge in [-0.05, 0) is 61.6 Å². The molecule has 118 valence electrons. The first-order chi connectivity index (χ1) is 11.1. The van der Waals surface area contributed by atoms with Gasteiger partial charge in [-0.15, -0.1) is 0 Å². The van der Waals surface area contributed by atoms with Crippen molar-refractivity contribution in [1.29, 1.82) is 0 Å². The minimum absolute atomic E-state index is 0.0750. The summed E-state index contributed by atoms with van der Waals surface area (Å²) in [7, 11) is 0. The summed E-state index contributed by atoms with van der Waals surface area (Å²) in [6, 6.07) is 6.34. The fourth-order valence-corrected chi connectivity index (χ4v) is 3.83. The van der Waals surface area contributed by atoms with E-state index >= 15 is 0 Å². The van der Waals surface area contributed by atoms with Crippen LogP contribution >= 0.6 is 0 Å². The van der Waals surface area contributed by atoms with Crippen molar-refractivity contribution in [2.24, 2.45) is 11.1 Å². The third-order valence-corrected chi connectivity index (χ3v) is 5.05. The van der Waals surface area contributed by atoms with E-state index in [1.807, 2.05) is 4.68 Å². The second kappa shape index (κ2) is 5.13. The molecule has 2 N–H and O–H groups in total. The third-order valence-electron chi connectivity index (χ3n) is 5.05. The lowest BCUT2D eigenvalue weighted by Crippen LogP contribution is -2.41. The average molecular weight is 311 g/mol. The molecule has 1 fully saturated rings. The lowest BCUT2D eigenvalue weighted by molar-refractivity contribution is -0.115. The van der Waals surface area contributed by atoms with Gasteiger partial charge in [0.2, 0.25) is 0 Å². The van der Waals surface area contributed by atoms with Gasteiger partial charge in [0.1, 0.15) is 12.1 Å². The Hall–Kier alpha value is -2.27. The Kier molecular flexibility index (Phi) is 3.20. The number of benzene rings is 1. The van der Waals surface area contributed by atoms with Crippen LogP contribution in [0.2, 0.25) is 0 Å². The highest BCUT2D eigenvalue weighted by atomic mass is 19.1. The second-order valence-corrected chi connectivity index (χ2v) is 6.57. The van der Waals surface area contributed by atoms with E-state index in [-0.39, 0.29) is 11.9 Å². The molecule has 2 aliphatic rings. The number of allylic oxidation sites excluding steroid dienone is 1. The summed E-state index contributed by atoms with van der Waals surface area (Å²) < 4.78 is 14.9. The smallest absolute Gasteiger partial charge is 0.130 e. The van der Waals surface area contributed by atoms with Crippen LogP contribution in [0.15, 0.2) is 36.0 Å². The summed E-state index contributed by atoms with van der Waals surface area (Å²) >= 11 is 0. The number of halogens is 1. The van der Waals surface area contributed by atoms with Gasteiger partial charge in [0.05, 0.1) is 23.0 Å². The minimum atomic E-state index is -0.471. The predicted molar refractivity (Wildman–Crippen MR) is 85.5 cm³/mol. The van der Waals surface area contributed by atoms with E-state index in [4.69, 9.17) is 5.73 Å². The Labute approximate surface area is 133 Å². The van der Waals surface area contributed by atoms with Crippen LogP contribution in [0.5, 0.6) is 0 Å². The van der Waals surface area contributed by atoms with Crippen LogP contribution in [0.1, 0.15) is 30.5 Å². The Balaban J connectivity index is 1.80. The van der Waals surface area contributed by atoms with Gasteiger partial charge in [-0.3, -0.25) is 0 Å². The number of fused-ring (bicyclic) bond motifs is 2. The molecule has 4 rings (SSSR count). The van der Waals surface area contributed by atoms with E-state index in [9.17, 15) is 9.18 Å². The zero-order valence-corrected chi connectivity index (χ0v) is 12.7. The molecular weight excluding hydrogens is 293 g/mol. The quantitative estimate of drug-likeness (QED) is 0.867. The Bertz CT molecular complexity index is 793. The number of nitrogens with two attached hydrogens (primary N) is 1. The van der Waals surface area contributed by atoms with Crippen molar-refractivity contribution in [3.8, 4) is 5.69 Å². The number of aromatic nitrogens is 2. The summed E-state index contributed by atoms with van der Waals surface area (Å²) in [5.74, 6) is -0.269. The van der Waals surface area contributed by atoms with E-state index < -0.39 is 5.41 Å². The predicted octanol–water partition coefficient (Wildman–Crippen LogP) is 2.65. The molecule has 0 radical (unpaired) electrons. The number of carbonyl (C=O) groups excluding carboxylic acids is 1. The molecule has 1 saturated carbocycles. The summed E-state index contributed by atoms with van der Waals surface area (Å²) in [6.45, 7) is 0. The maximum absolute atomic E-state index is 13.1. The minimum Gasteiger partial charge on any atom is -0.328 e. The van der Waals surface area contributed by atoms with Gasteiger partial charge in [0.15, 0.2) is 0 Å². The van der Waals surface area contributed by atoms with E-state index in [0.29, 0.717) is 12.8 Å². The van der Waals surface area contributed by atoms with Gasteiger partial charge in [0.25, 0.3) is 0 Å². The van der Waals surface area contributed by atoms with Crippen molar-refractivity contribution < 1.29 is 9.18 Å². The molecule has 1 aromatic heterocycles. The standard InChI is InChI=1S/C18H18FN3O/c19-14-2-5-16(6-3-14)22-17-7-13-1-4-15(20)9-18(13,11-23)8-12(17)10-21-22/h2-3,5-7,10-11,15H,1,4,8-9,20H2. The highest BCUT2D eigenvalue weighted by Crippen LogP contribution is 2.46. The first-order valence-corrected chi connectivity index (χ1v) is 7.87. The van der Waals surface area contributed by atoms with Crippen molar-refractivity contribution in [1.82, 2.24) is 9.78 Å². The van der Waals surface area contributed by atoms with Gasteiger partial charge in [-0.1, -0.05) is 5.57 Å². The summed E-state index contributed by atoms with van der Waals surface area (Å²) in [5.41, 5.74) is 9.61. The lowest BCUT2D eigenvalue weighted by Gasteiger charge is -2.40. The number of rotatable bonds is 2. The van der Waals surface area contributed by atoms with Crippen LogP contribution in [0.3, 0.4) is 0 Å². The van der Waals surface area contributed by atoms with Gasteiger partial charge in [-0.2, -0.15) is 5.10 Å². The van der Waals surface area contributed by atoms with E-state index in [0.717, 1.165) is 41.6 Å². The van der Waals surface area contributed by atoms with Crippen LogP contribution in [0, 0.1) is 11.2 Å². The van der Waals surface area contributed by atoms with E-state index in [1.54, 1.807) is 18.3 Å². The van der Waals surface area contributed by atoms with E-state index in [2.05, 4.69) is 11.2 Å². The summed E-state index contributed by atoms with van der Waals surface area (Å²) in [5, 5.41) is 4.44. The maximum Gasteiger partial charge on any atom is 0.130 e. The molecular formula is C18H18FN3O. The molecule has 0 bridgehead atoms. The number of aldehydes is 1.